The van der Waals surface area contributed by atoms with Gasteiger partial charge >= 0.3 is 5.97 Å². The van der Waals surface area contributed by atoms with E-state index in [0.717, 1.165) is 26.1 Å². The first-order valence-corrected chi connectivity index (χ1v) is 8.95. The summed E-state index contributed by atoms with van der Waals surface area (Å²) >= 11 is 0. The maximum absolute atomic E-state index is 11.3. The maximum Gasteiger partial charge on any atom is 0.358 e. The predicted octanol–water partition coefficient (Wildman–Crippen LogP) is 2.56. The van der Waals surface area contributed by atoms with Gasteiger partial charge in [0.05, 0.1) is 0 Å². The van der Waals surface area contributed by atoms with E-state index in [2.05, 4.69) is 56.5 Å². The summed E-state index contributed by atoms with van der Waals surface area (Å²) in [5, 5.41) is 16.4. The van der Waals surface area contributed by atoms with Crippen LogP contribution in [-0.4, -0.2) is 50.7 Å². The third kappa shape index (κ3) is 3.75. The molecule has 2 N–H and O–H groups in total. The second-order valence-corrected chi connectivity index (χ2v) is 7.00. The molecular formula is C19H21N5O3. The minimum absolute atomic E-state index is 0.166. The lowest BCUT2D eigenvalue weighted by atomic mass is 10.1. The van der Waals surface area contributed by atoms with E-state index in [1.54, 1.807) is 0 Å². The van der Waals surface area contributed by atoms with Crippen LogP contribution in [0.1, 0.15) is 28.0 Å². The molecule has 3 aromatic rings. The van der Waals surface area contributed by atoms with E-state index in [0.29, 0.717) is 23.7 Å². The number of benzene rings is 1. The molecule has 8 nitrogen and oxygen atoms in total. The first-order valence-electron chi connectivity index (χ1n) is 8.95. The number of aromatic carboxylic acids is 1. The zero-order valence-corrected chi connectivity index (χ0v) is 15.1. The van der Waals surface area contributed by atoms with Gasteiger partial charge in [0, 0.05) is 19.6 Å². The van der Waals surface area contributed by atoms with Crippen LogP contribution in [0.2, 0.25) is 0 Å². The van der Waals surface area contributed by atoms with Gasteiger partial charge in [-0.2, -0.15) is 4.98 Å². The molecule has 27 heavy (non-hydrogen) atoms. The third-order valence-electron chi connectivity index (χ3n) is 4.93. The number of carboxylic acids is 1. The van der Waals surface area contributed by atoms with Crippen LogP contribution >= 0.6 is 0 Å². The smallest absolute Gasteiger partial charge is 0.358 e. The highest BCUT2D eigenvalue weighted by atomic mass is 16.5. The summed E-state index contributed by atoms with van der Waals surface area (Å²) in [5.74, 6) is -0.235. The number of hydrogen-bond donors (Lipinski definition) is 2. The Morgan fingerprint density at radius 2 is 2.15 bits per heavy atom. The molecular weight excluding hydrogens is 346 g/mol. The number of carboxylic acid groups (broad SMARTS) is 1. The number of carbonyl (C=O) groups is 1. The molecule has 2 aromatic heterocycles. The molecule has 8 heteroatoms. The Labute approximate surface area is 156 Å². The second kappa shape index (κ2) is 7.32. The largest absolute Gasteiger partial charge is 0.476 e. The monoisotopic (exact) mass is 367 g/mol. The fourth-order valence-corrected chi connectivity index (χ4v) is 3.48. The van der Waals surface area contributed by atoms with Gasteiger partial charge in [-0.05, 0) is 31.4 Å². The van der Waals surface area contributed by atoms with Crippen LogP contribution in [-0.2, 0) is 6.54 Å². The predicted molar refractivity (Wildman–Crippen MR) is 99.6 cm³/mol. The van der Waals surface area contributed by atoms with Gasteiger partial charge in [-0.15, -0.1) is 0 Å². The molecule has 0 saturated carbocycles. The fraction of sp³-hybridized carbons (Fsp3) is 0.368. The number of hydrogen-bond acceptors (Lipinski definition) is 7. The molecule has 1 aliphatic heterocycles. The summed E-state index contributed by atoms with van der Waals surface area (Å²) in [4.78, 5) is 21.9. The summed E-state index contributed by atoms with van der Waals surface area (Å²) < 4.78 is 4.98. The lowest BCUT2D eigenvalue weighted by molar-refractivity contribution is 0.0688. The summed E-state index contributed by atoms with van der Waals surface area (Å²) in [5.41, 5.74) is 2.60. The van der Waals surface area contributed by atoms with E-state index in [9.17, 15) is 9.90 Å². The van der Waals surface area contributed by atoms with Gasteiger partial charge in [-0.1, -0.05) is 35.0 Å². The van der Waals surface area contributed by atoms with Gasteiger partial charge in [0.15, 0.2) is 0 Å². The van der Waals surface area contributed by atoms with Gasteiger partial charge in [-0.25, -0.2) is 9.78 Å². The van der Waals surface area contributed by atoms with Crippen molar-refractivity contribution in [3.8, 4) is 0 Å². The summed E-state index contributed by atoms with van der Waals surface area (Å²) in [6.07, 6.45) is 2.43. The van der Waals surface area contributed by atoms with Crippen molar-refractivity contribution >= 4 is 22.9 Å². The number of nitrogens with one attached hydrogen (secondary N) is 1. The molecule has 0 aliphatic carbocycles. The molecule has 1 fully saturated rings. The standard InChI is InChI=1S/C19H21N5O3/c1-12-2-4-13(5-3-12)9-24-7-6-14(10-24)8-20-17-15-16(19(25)26)23-27-18(15)22-11-21-17/h2-5,11,14H,6-10H2,1H3,(H,25,26)(H,20,21,22). The van der Waals surface area contributed by atoms with Crippen LogP contribution in [0.25, 0.3) is 11.1 Å². The van der Waals surface area contributed by atoms with Crippen LogP contribution < -0.4 is 5.32 Å². The highest BCUT2D eigenvalue weighted by Gasteiger charge is 2.24. The number of fused-ring (bicyclic) bond motifs is 1. The fourth-order valence-electron chi connectivity index (χ4n) is 3.48. The topological polar surface area (TPSA) is 104 Å². The average Bonchev–Trinajstić information content (AvgIpc) is 3.29. The summed E-state index contributed by atoms with van der Waals surface area (Å²) in [7, 11) is 0. The van der Waals surface area contributed by atoms with Gasteiger partial charge in [0.2, 0.25) is 5.69 Å². The molecule has 0 bridgehead atoms. The molecule has 3 heterocycles. The van der Waals surface area contributed by atoms with Crippen LogP contribution in [0, 0.1) is 12.8 Å². The zero-order chi connectivity index (χ0) is 18.8. The average molecular weight is 367 g/mol. The van der Waals surface area contributed by atoms with E-state index >= 15 is 0 Å². The first-order chi connectivity index (χ1) is 13.1. The number of anilines is 1. The maximum atomic E-state index is 11.3. The molecule has 0 radical (unpaired) electrons. The van der Waals surface area contributed by atoms with Crippen LogP contribution in [0.4, 0.5) is 5.82 Å². The molecule has 1 unspecified atom stereocenters. The Morgan fingerprint density at radius 3 is 2.93 bits per heavy atom. The molecule has 0 amide bonds. The quantitative estimate of drug-likeness (QED) is 0.685. The molecule has 0 spiro atoms. The Morgan fingerprint density at radius 1 is 1.33 bits per heavy atom. The van der Waals surface area contributed by atoms with E-state index in [4.69, 9.17) is 4.52 Å². The van der Waals surface area contributed by atoms with Gasteiger partial charge < -0.3 is 14.9 Å². The molecule has 4 rings (SSSR count). The van der Waals surface area contributed by atoms with Crippen molar-refractivity contribution in [1.82, 2.24) is 20.0 Å². The molecule has 1 saturated heterocycles. The lowest BCUT2D eigenvalue weighted by Crippen LogP contribution is -2.23. The zero-order valence-electron chi connectivity index (χ0n) is 15.1. The Bertz CT molecular complexity index is 954. The van der Waals surface area contributed by atoms with Gasteiger partial charge in [0.1, 0.15) is 17.5 Å². The van der Waals surface area contributed by atoms with Crippen LogP contribution in [0.5, 0.6) is 0 Å². The van der Waals surface area contributed by atoms with Crippen molar-refractivity contribution in [1.29, 1.82) is 0 Å². The highest BCUT2D eigenvalue weighted by molar-refractivity contribution is 6.03. The van der Waals surface area contributed by atoms with E-state index < -0.39 is 5.97 Å². The minimum atomic E-state index is -1.16. The van der Waals surface area contributed by atoms with Crippen molar-refractivity contribution in [2.75, 3.05) is 25.0 Å². The number of aromatic nitrogens is 3. The van der Waals surface area contributed by atoms with Gasteiger partial charge in [0.25, 0.3) is 5.71 Å². The van der Waals surface area contributed by atoms with Crippen molar-refractivity contribution in [3.05, 3.63) is 47.4 Å². The Kier molecular flexibility index (Phi) is 4.72. The number of aryl methyl sites for hydroxylation is 1. The Hall–Kier alpha value is -3.00. The first kappa shape index (κ1) is 17.4. The third-order valence-corrected chi connectivity index (χ3v) is 4.93. The van der Waals surface area contributed by atoms with Crippen molar-refractivity contribution in [2.24, 2.45) is 5.92 Å². The molecule has 140 valence electrons. The van der Waals surface area contributed by atoms with Crippen molar-refractivity contribution in [2.45, 2.75) is 19.9 Å². The molecule has 1 aromatic carbocycles. The minimum Gasteiger partial charge on any atom is -0.476 e. The van der Waals surface area contributed by atoms with Crippen LogP contribution in [0.15, 0.2) is 35.1 Å². The van der Waals surface area contributed by atoms with E-state index in [1.807, 2.05) is 0 Å². The SMILES string of the molecule is Cc1ccc(CN2CCC(CNc3ncnc4onc(C(=O)O)c34)C2)cc1. The normalized spacial score (nSPS) is 17.4. The van der Waals surface area contributed by atoms with E-state index in [-0.39, 0.29) is 11.4 Å². The number of likely N-dealkylation sites (tertiary alicyclic amines) is 1. The van der Waals surface area contributed by atoms with Crippen LogP contribution in [0.3, 0.4) is 0 Å². The number of nitrogens with zero attached hydrogens (tertiary/aromatic N) is 4. The van der Waals surface area contributed by atoms with Crippen molar-refractivity contribution in [3.63, 3.8) is 0 Å². The van der Waals surface area contributed by atoms with E-state index in [1.165, 1.54) is 17.5 Å². The molecule has 1 atom stereocenters. The summed E-state index contributed by atoms with van der Waals surface area (Å²) in [6, 6.07) is 8.64. The lowest BCUT2D eigenvalue weighted by Gasteiger charge is -2.17. The highest BCUT2D eigenvalue weighted by Crippen LogP contribution is 2.25. The number of rotatable bonds is 6. The molecule has 1 aliphatic rings. The second-order valence-electron chi connectivity index (χ2n) is 7.00. The van der Waals surface area contributed by atoms with Gasteiger partial charge in [-0.3, -0.25) is 4.90 Å². The Balaban J connectivity index is 1.38. The summed E-state index contributed by atoms with van der Waals surface area (Å²) in [6.45, 7) is 5.79. The van der Waals surface area contributed by atoms with Crippen molar-refractivity contribution < 1.29 is 14.4 Å².